The molecule has 0 aromatic carbocycles. The molecule has 1 aromatic heterocycles. The van der Waals surface area contributed by atoms with Crippen molar-refractivity contribution in [1.82, 2.24) is 10.1 Å². The van der Waals surface area contributed by atoms with Crippen LogP contribution in [-0.2, 0) is 10.9 Å². The molecule has 2 saturated heterocycles. The lowest BCUT2D eigenvalue weighted by atomic mass is 9.80. The smallest absolute Gasteiger partial charge is 0.381 e. The Morgan fingerprint density at radius 2 is 1.74 bits per heavy atom. The first-order valence-electron chi connectivity index (χ1n) is 7.85. The fraction of sp³-hybridized carbons (Fsp3) is 0.733. The van der Waals surface area contributed by atoms with Crippen molar-refractivity contribution in [2.24, 2.45) is 11.8 Å². The van der Waals surface area contributed by atoms with E-state index < -0.39 is 23.3 Å². The minimum atomic E-state index is -4.68. The molecule has 0 atom stereocenters. The second-order valence-corrected chi connectivity index (χ2v) is 6.15. The van der Waals surface area contributed by atoms with Crippen LogP contribution in [0.15, 0.2) is 10.8 Å². The minimum absolute atomic E-state index is 0.476. The molecule has 0 bridgehead atoms. The topological polar surface area (TPSA) is 55.6 Å². The summed E-state index contributed by atoms with van der Waals surface area (Å²) < 4.78 is 48.2. The number of nitrogens with zero attached hydrogens (tertiary/aromatic N) is 2. The Kier molecular flexibility index (Phi) is 4.61. The van der Waals surface area contributed by atoms with Crippen molar-refractivity contribution in [3.63, 3.8) is 0 Å². The molecule has 0 aliphatic carbocycles. The maximum atomic E-state index is 12.8. The van der Waals surface area contributed by atoms with E-state index in [1.54, 1.807) is 0 Å². The van der Waals surface area contributed by atoms with E-state index in [4.69, 9.17) is 4.74 Å². The third-order valence-corrected chi connectivity index (χ3v) is 4.83. The van der Waals surface area contributed by atoms with Crippen LogP contribution in [0.2, 0.25) is 0 Å². The van der Waals surface area contributed by atoms with Crippen molar-refractivity contribution in [3.05, 3.63) is 17.5 Å². The summed E-state index contributed by atoms with van der Waals surface area (Å²) in [4.78, 5) is 13.8. The Morgan fingerprint density at radius 3 is 2.35 bits per heavy atom. The SMILES string of the molecule is O=C(c1conc1C(F)(F)F)N1CCC(C2CCOCC2)CC1. The van der Waals surface area contributed by atoms with E-state index in [1.165, 1.54) is 4.90 Å². The van der Waals surface area contributed by atoms with Crippen LogP contribution in [0, 0.1) is 11.8 Å². The van der Waals surface area contributed by atoms with Gasteiger partial charge in [0.05, 0.1) is 0 Å². The second kappa shape index (κ2) is 6.51. The van der Waals surface area contributed by atoms with Gasteiger partial charge in [-0.1, -0.05) is 5.16 Å². The number of ether oxygens (including phenoxy) is 1. The molecule has 2 aliphatic heterocycles. The number of alkyl halides is 3. The summed E-state index contributed by atoms with van der Waals surface area (Å²) in [6, 6.07) is 0. The molecule has 23 heavy (non-hydrogen) atoms. The van der Waals surface area contributed by atoms with Gasteiger partial charge in [0.25, 0.3) is 5.91 Å². The number of amides is 1. The molecule has 0 N–H and O–H groups in total. The lowest BCUT2D eigenvalue weighted by Crippen LogP contribution is -2.41. The highest BCUT2D eigenvalue weighted by atomic mass is 19.4. The molecular weight excluding hydrogens is 313 g/mol. The van der Waals surface area contributed by atoms with E-state index in [0.717, 1.165) is 45.2 Å². The number of likely N-dealkylation sites (tertiary alicyclic amines) is 1. The van der Waals surface area contributed by atoms with Crippen molar-refractivity contribution in [2.45, 2.75) is 31.9 Å². The molecule has 2 fully saturated rings. The molecule has 8 heteroatoms. The Hall–Kier alpha value is -1.57. The van der Waals surface area contributed by atoms with Gasteiger partial charge in [0.1, 0.15) is 11.8 Å². The summed E-state index contributed by atoms with van der Waals surface area (Å²) in [7, 11) is 0. The van der Waals surface area contributed by atoms with Crippen LogP contribution in [0.5, 0.6) is 0 Å². The van der Waals surface area contributed by atoms with Gasteiger partial charge in [-0.25, -0.2) is 0 Å². The van der Waals surface area contributed by atoms with Gasteiger partial charge in [-0.05, 0) is 37.5 Å². The van der Waals surface area contributed by atoms with Crippen LogP contribution in [0.4, 0.5) is 13.2 Å². The standard InChI is InChI=1S/C15H19F3N2O3/c16-15(17,18)13-12(9-23-19-13)14(21)20-5-1-10(2-6-20)11-3-7-22-8-4-11/h9-11H,1-8H2. The van der Waals surface area contributed by atoms with Gasteiger partial charge in [-0.3, -0.25) is 4.79 Å². The number of rotatable bonds is 2. The van der Waals surface area contributed by atoms with Crippen molar-refractivity contribution in [1.29, 1.82) is 0 Å². The summed E-state index contributed by atoms with van der Waals surface area (Å²) in [5.41, 5.74) is -1.74. The lowest BCUT2D eigenvalue weighted by molar-refractivity contribution is -0.143. The van der Waals surface area contributed by atoms with Crippen LogP contribution in [0.1, 0.15) is 41.7 Å². The van der Waals surface area contributed by atoms with Crippen molar-refractivity contribution >= 4 is 5.91 Å². The fourth-order valence-electron chi connectivity index (χ4n) is 3.52. The number of halogens is 3. The molecule has 0 unspecified atom stereocenters. The van der Waals surface area contributed by atoms with E-state index in [2.05, 4.69) is 9.68 Å². The molecule has 1 amide bonds. The highest BCUT2D eigenvalue weighted by Crippen LogP contribution is 2.34. The number of carbonyl (C=O) groups is 1. The maximum Gasteiger partial charge on any atom is 0.437 e. The molecule has 3 heterocycles. The summed E-state index contributed by atoms with van der Waals surface area (Å²) in [5, 5.41) is 2.93. The molecule has 5 nitrogen and oxygen atoms in total. The predicted molar refractivity (Wildman–Crippen MR) is 73.7 cm³/mol. The normalized spacial score (nSPS) is 21.6. The first kappa shape index (κ1) is 16.3. The molecular formula is C15H19F3N2O3. The number of hydrogen-bond acceptors (Lipinski definition) is 4. The maximum absolute atomic E-state index is 12.8. The zero-order chi connectivity index (χ0) is 16.4. The Bertz CT molecular complexity index is 544. The highest BCUT2D eigenvalue weighted by molar-refractivity contribution is 5.95. The third-order valence-electron chi connectivity index (χ3n) is 4.83. The Labute approximate surface area is 131 Å². The quantitative estimate of drug-likeness (QED) is 0.835. The van der Waals surface area contributed by atoms with Gasteiger partial charge >= 0.3 is 6.18 Å². The summed E-state index contributed by atoms with van der Waals surface area (Å²) in [5.74, 6) is 0.471. The van der Waals surface area contributed by atoms with Crippen LogP contribution in [0.3, 0.4) is 0 Å². The van der Waals surface area contributed by atoms with Crippen LogP contribution >= 0.6 is 0 Å². The van der Waals surface area contributed by atoms with Gasteiger partial charge < -0.3 is 14.2 Å². The Morgan fingerprint density at radius 1 is 1.13 bits per heavy atom. The van der Waals surface area contributed by atoms with Gasteiger partial charge in [-0.2, -0.15) is 13.2 Å². The average molecular weight is 332 g/mol. The van der Waals surface area contributed by atoms with E-state index in [0.29, 0.717) is 24.9 Å². The van der Waals surface area contributed by atoms with Crippen molar-refractivity contribution in [3.8, 4) is 0 Å². The first-order chi connectivity index (χ1) is 11.0. The minimum Gasteiger partial charge on any atom is -0.381 e. The van der Waals surface area contributed by atoms with E-state index in [1.807, 2.05) is 0 Å². The lowest BCUT2D eigenvalue weighted by Gasteiger charge is -2.37. The number of aromatic nitrogens is 1. The van der Waals surface area contributed by atoms with Crippen LogP contribution < -0.4 is 0 Å². The van der Waals surface area contributed by atoms with Gasteiger partial charge in [0.15, 0.2) is 5.69 Å². The summed E-state index contributed by atoms with van der Waals surface area (Å²) in [6.45, 7) is 2.51. The largest absolute Gasteiger partial charge is 0.437 e. The first-order valence-corrected chi connectivity index (χ1v) is 7.85. The molecule has 0 saturated carbocycles. The third kappa shape index (κ3) is 3.52. The number of hydrogen-bond donors (Lipinski definition) is 0. The Balaban J connectivity index is 1.61. The molecule has 0 spiro atoms. The fourth-order valence-corrected chi connectivity index (χ4v) is 3.52. The number of carbonyl (C=O) groups excluding carboxylic acids is 1. The second-order valence-electron chi connectivity index (χ2n) is 6.15. The van der Waals surface area contributed by atoms with E-state index in [9.17, 15) is 18.0 Å². The van der Waals surface area contributed by atoms with Gasteiger partial charge in [-0.15, -0.1) is 0 Å². The highest BCUT2D eigenvalue weighted by Gasteiger charge is 2.41. The zero-order valence-electron chi connectivity index (χ0n) is 12.6. The van der Waals surface area contributed by atoms with Crippen molar-refractivity contribution in [2.75, 3.05) is 26.3 Å². The molecule has 1 aromatic rings. The van der Waals surface area contributed by atoms with E-state index in [-0.39, 0.29) is 0 Å². The molecule has 3 rings (SSSR count). The van der Waals surface area contributed by atoms with Crippen LogP contribution in [0.25, 0.3) is 0 Å². The van der Waals surface area contributed by atoms with Crippen molar-refractivity contribution < 1.29 is 27.2 Å². The monoisotopic (exact) mass is 332 g/mol. The summed E-state index contributed by atoms with van der Waals surface area (Å²) in [6.07, 6.45) is -0.189. The molecule has 2 aliphatic rings. The van der Waals surface area contributed by atoms with Gasteiger partial charge in [0, 0.05) is 26.3 Å². The molecule has 0 radical (unpaired) electrons. The average Bonchev–Trinajstić information content (AvgIpc) is 3.05. The van der Waals surface area contributed by atoms with Crippen LogP contribution in [-0.4, -0.2) is 42.3 Å². The van der Waals surface area contributed by atoms with Gasteiger partial charge in [0.2, 0.25) is 0 Å². The zero-order valence-corrected chi connectivity index (χ0v) is 12.6. The number of piperidine rings is 1. The predicted octanol–water partition coefficient (Wildman–Crippen LogP) is 2.97. The summed E-state index contributed by atoms with van der Waals surface area (Å²) >= 11 is 0. The molecule has 128 valence electrons. The van der Waals surface area contributed by atoms with E-state index >= 15 is 0 Å².